The lowest BCUT2D eigenvalue weighted by atomic mass is 9.98. The van der Waals surface area contributed by atoms with E-state index in [1.165, 1.54) is 0 Å². The van der Waals surface area contributed by atoms with Crippen LogP contribution in [0.1, 0.15) is 0 Å². The molecule has 55 heteroatoms. The summed E-state index contributed by atoms with van der Waals surface area (Å²) in [7, 11) is -53.0. The van der Waals surface area contributed by atoms with Crippen LogP contribution < -0.4 is 0 Å². The Kier molecular flexibility index (Phi) is 25.1. The summed E-state index contributed by atoms with van der Waals surface area (Å²) in [4.78, 5) is 0. The highest BCUT2D eigenvalue weighted by Crippen LogP contribution is 2.36. The summed E-state index contributed by atoms with van der Waals surface area (Å²) in [6.45, 7) is -7.33. The second kappa shape index (κ2) is 27.0. The Bertz CT molecular complexity index is 2970. The molecule has 2 saturated heterocycles. The van der Waals surface area contributed by atoms with E-state index in [2.05, 4.69) is 41.8 Å². The van der Waals surface area contributed by atoms with E-state index in [4.69, 9.17) is 37.5 Å². The fourth-order valence-corrected chi connectivity index (χ4v) is 10.5. The van der Waals surface area contributed by atoms with E-state index < -0.39 is 217 Å². The lowest BCUT2D eigenvalue weighted by Gasteiger charge is -2.45. The maximum absolute atomic E-state index is 12.2. The zero-order valence-corrected chi connectivity index (χ0v) is 43.9. The molecule has 9 N–H and O–H groups in total. The molecule has 0 saturated carbocycles. The first-order valence-electron chi connectivity index (χ1n) is 17.7. The Morgan fingerprint density at radius 2 is 0.760 bits per heavy atom. The zero-order chi connectivity index (χ0) is 58.3. The van der Waals surface area contributed by atoms with Gasteiger partial charge in [-0.05, 0) is 0 Å². The molecule has 0 aromatic heterocycles. The molecule has 0 bridgehead atoms. The van der Waals surface area contributed by atoms with Crippen molar-refractivity contribution in [3.05, 3.63) is 0 Å². The van der Waals surface area contributed by atoms with E-state index in [-0.39, 0.29) is 0 Å². The molecule has 0 aromatic carbocycles. The van der Waals surface area contributed by atoms with E-state index in [1.807, 2.05) is 0 Å². The molecule has 2 aliphatic heterocycles. The molecule has 2 heterocycles. The van der Waals surface area contributed by atoms with Gasteiger partial charge in [-0.1, -0.05) is 0 Å². The molecule has 2 rings (SSSR count). The average molecular weight is 1320 g/mol. The monoisotopic (exact) mass is 1320 g/mol. The number of ether oxygens (including phenoxy) is 6. The van der Waals surface area contributed by atoms with Gasteiger partial charge in [0, 0.05) is 14.2 Å². The Labute approximate surface area is 425 Å². The van der Waals surface area contributed by atoms with Crippen molar-refractivity contribution in [3.8, 4) is 0 Å². The fraction of sp³-hybridized carbons (Fsp3) is 1.00. The predicted molar refractivity (Wildman–Crippen MR) is 215 cm³/mol. The largest absolute Gasteiger partial charge is 0.750 e. The summed E-state index contributed by atoms with van der Waals surface area (Å²) >= 11 is -3.89. The van der Waals surface area contributed by atoms with Crippen molar-refractivity contribution < 1.29 is 196 Å². The molecule has 0 radical (unpaired) electrons. The van der Waals surface area contributed by atoms with Crippen LogP contribution in [0.5, 0.6) is 0 Å². The summed E-state index contributed by atoms with van der Waals surface area (Å²) in [5.74, 6) is 0. The normalized spacial score (nSPS) is 28.3. The van der Waals surface area contributed by atoms with Crippen molar-refractivity contribution in [1.82, 2.24) is 0 Å². The first-order valence-corrected chi connectivity index (χ1v) is 31.0. The van der Waals surface area contributed by atoms with Gasteiger partial charge in [0.15, 0.2) is 24.8 Å². The van der Waals surface area contributed by atoms with Gasteiger partial charge in [0.05, 0.1) is 37.8 Å². The SMILES string of the molecule is CO[C@@H]([C@H](OC)[C@@H](COS(=O)(=O)O)OS(=O)(=O)O)[C@@H](CO[C@@H]1O[C@H](CO[C@@H]2O[C@H](COS(=O)(=O)O)[C@@H](OS(=O)(=O)O)[C@H](OS(=O)(=O)O)[C@H]2OS(=O)(=O)O)[C@@H](OS(=O)(=O)O)[C@H](OS(=O)(=O)O)[C@H]1OS(=O)(=O)O)OS(=O)[O-]. The molecule has 2 aliphatic rings. The van der Waals surface area contributed by atoms with Gasteiger partial charge in [-0.25, -0.2) is 41.9 Å². The van der Waals surface area contributed by atoms with E-state index in [0.29, 0.717) is 14.2 Å². The lowest BCUT2D eigenvalue weighted by Crippen LogP contribution is -2.65. The van der Waals surface area contributed by atoms with E-state index in [0.717, 1.165) is 0 Å². The second-order valence-electron chi connectivity index (χ2n) is 13.4. The minimum absolute atomic E-state index is 0.589. The number of hydrogen-bond donors (Lipinski definition) is 9. The maximum Gasteiger partial charge on any atom is 0.397 e. The molecule has 1 unspecified atom stereocenters. The van der Waals surface area contributed by atoms with E-state index in [9.17, 15) is 116 Å². The fourth-order valence-electron chi connectivity index (χ4n) is 6.08. The Morgan fingerprint density at radius 1 is 0.427 bits per heavy atom. The van der Waals surface area contributed by atoms with Crippen molar-refractivity contribution in [1.29, 1.82) is 0 Å². The number of methoxy groups -OCH3 is 2. The molecular weight excluding hydrogens is 1280 g/mol. The van der Waals surface area contributed by atoms with Crippen molar-refractivity contribution in [2.45, 2.75) is 85.8 Å². The molecule has 2 fully saturated rings. The summed E-state index contributed by atoms with van der Waals surface area (Å²) in [6.07, 6.45) is -41.8. The maximum atomic E-state index is 12.2. The standard InChI is InChI=1S/C20H38O45S10/c1-50-11(12(51-2)10(59-69(29,30)31)6-55-68(26,27)28)9(58-66(21)22)4-53-20-17(64-74(44,45)46)15(62-72(38,39)40)13(60-70(32,33)34)7(56-20)3-52-19-18(65-75(47,48)49)16(63-73(41,42)43)14(61-71(35,36)37)8(57-19)5-54-67(23,24)25/h7-20H,3-6H2,1-2H3,(H,21,22)(H,23,24,25)(H,26,27,28)(H,29,30,31)(H,32,33,34)(H,35,36,37)(H,38,39,40)(H,41,42,43)(H,44,45,46)(H,47,48,49)/p-1/t7-,8-,9-,10-,11-,12-,13-,14-,15+,16+,17-,18-,19-,20-/m1/s1. The topological polar surface area (TPSA) is 677 Å². The summed E-state index contributed by atoms with van der Waals surface area (Å²) in [6, 6.07) is 0. The third-order valence-electron chi connectivity index (χ3n) is 8.24. The van der Waals surface area contributed by atoms with E-state index >= 15 is 0 Å². The van der Waals surface area contributed by atoms with Crippen LogP contribution in [0.2, 0.25) is 0 Å². The summed E-state index contributed by atoms with van der Waals surface area (Å²) < 4.78 is 394. The first kappa shape index (κ1) is 69.8. The van der Waals surface area contributed by atoms with Gasteiger partial charge < -0.3 is 33.0 Å². The lowest BCUT2D eigenvalue weighted by molar-refractivity contribution is -0.321. The molecule has 15 atom stereocenters. The first-order chi connectivity index (χ1) is 33.5. The van der Waals surface area contributed by atoms with Crippen LogP contribution in [0.25, 0.3) is 0 Å². The van der Waals surface area contributed by atoms with Crippen molar-refractivity contribution in [2.24, 2.45) is 0 Å². The molecule has 45 nitrogen and oxygen atoms in total. The molecule has 0 aliphatic carbocycles. The van der Waals surface area contributed by atoms with Crippen LogP contribution in [-0.4, -0.2) is 252 Å². The molecule has 0 amide bonds. The minimum atomic E-state index is -6.27. The third kappa shape index (κ3) is 27.1. The minimum Gasteiger partial charge on any atom is -0.750 e. The Hall–Kier alpha value is -1.34. The predicted octanol–water partition coefficient (Wildman–Crippen LogP) is -8.37. The van der Waals surface area contributed by atoms with Crippen LogP contribution in [0.15, 0.2) is 0 Å². The molecule has 75 heavy (non-hydrogen) atoms. The van der Waals surface area contributed by atoms with Gasteiger partial charge in [-0.2, -0.15) is 75.8 Å². The Balaban J connectivity index is 2.98. The van der Waals surface area contributed by atoms with Gasteiger partial charge in [0.1, 0.15) is 61.0 Å². The van der Waals surface area contributed by atoms with Crippen LogP contribution in [0.3, 0.4) is 0 Å². The molecule has 448 valence electrons. The van der Waals surface area contributed by atoms with Crippen molar-refractivity contribution in [2.75, 3.05) is 40.6 Å². The molecular formula is C20H37O45S10-. The van der Waals surface area contributed by atoms with Crippen LogP contribution in [-0.2, 0) is 175 Å². The van der Waals surface area contributed by atoms with Crippen LogP contribution in [0, 0.1) is 0 Å². The van der Waals surface area contributed by atoms with Crippen LogP contribution >= 0.6 is 0 Å². The van der Waals surface area contributed by atoms with Gasteiger partial charge >= 0.3 is 93.6 Å². The second-order valence-corrected chi connectivity index (χ2v) is 23.5. The average Bonchev–Trinajstić information content (AvgIpc) is 3.15. The third-order valence-corrected chi connectivity index (χ3v) is 12.8. The highest BCUT2D eigenvalue weighted by atomic mass is 32.3. The van der Waals surface area contributed by atoms with Gasteiger partial charge in [0.25, 0.3) is 0 Å². The Morgan fingerprint density at radius 3 is 1.09 bits per heavy atom. The molecule has 0 spiro atoms. The van der Waals surface area contributed by atoms with Crippen molar-refractivity contribution >= 4 is 105 Å². The molecule has 0 aromatic rings. The van der Waals surface area contributed by atoms with Crippen molar-refractivity contribution in [3.63, 3.8) is 0 Å². The quantitative estimate of drug-likeness (QED) is 0.0218. The van der Waals surface area contributed by atoms with E-state index in [1.54, 1.807) is 0 Å². The summed E-state index contributed by atoms with van der Waals surface area (Å²) in [5, 5.41) is 0. The van der Waals surface area contributed by atoms with Gasteiger partial charge in [0.2, 0.25) is 0 Å². The van der Waals surface area contributed by atoms with Crippen LogP contribution in [0.4, 0.5) is 0 Å². The number of rotatable bonds is 33. The zero-order valence-electron chi connectivity index (χ0n) is 35.7. The highest BCUT2D eigenvalue weighted by Gasteiger charge is 2.57. The van der Waals surface area contributed by atoms with Gasteiger partial charge in [-0.15, -0.1) is 0 Å². The number of hydrogen-bond acceptors (Lipinski definition) is 36. The smallest absolute Gasteiger partial charge is 0.397 e. The summed E-state index contributed by atoms with van der Waals surface area (Å²) in [5.41, 5.74) is 0. The van der Waals surface area contributed by atoms with Gasteiger partial charge in [-0.3, -0.25) is 45.2 Å². The highest BCUT2D eigenvalue weighted by molar-refractivity contribution is 7.82.